The van der Waals surface area contributed by atoms with Gasteiger partial charge in [0.1, 0.15) is 12.1 Å². The first-order valence-corrected chi connectivity index (χ1v) is 8.88. The van der Waals surface area contributed by atoms with Gasteiger partial charge in [-0.3, -0.25) is 9.59 Å². The van der Waals surface area contributed by atoms with Crippen molar-refractivity contribution in [3.05, 3.63) is 0 Å². The zero-order chi connectivity index (χ0) is 16.8. The molecule has 0 fully saturated rings. The number of thiol groups is 2. The highest BCUT2D eigenvalue weighted by molar-refractivity contribution is 7.80. The average molecular weight is 353 g/mol. The predicted molar refractivity (Wildman–Crippen MR) is 93.8 cm³/mol. The predicted octanol–water partition coefficient (Wildman–Crippen LogP) is 0.669. The Balaban J connectivity index is 4.17. The Labute approximate surface area is 143 Å². The molecular formula is C14H28N2O4S2. The van der Waals surface area contributed by atoms with Crippen molar-refractivity contribution in [3.8, 4) is 0 Å². The maximum Gasteiger partial charge on any atom is 0.323 e. The van der Waals surface area contributed by atoms with E-state index in [0.29, 0.717) is 50.7 Å². The Bertz CT molecular complexity index is 289. The van der Waals surface area contributed by atoms with Crippen LogP contribution in [0.2, 0.25) is 0 Å². The summed E-state index contributed by atoms with van der Waals surface area (Å²) in [7, 11) is 0. The number of nitrogens with one attached hydrogen (secondary N) is 2. The largest absolute Gasteiger partial charge is 0.465 e. The van der Waals surface area contributed by atoms with Crippen molar-refractivity contribution < 1.29 is 19.1 Å². The molecule has 0 aliphatic rings. The highest BCUT2D eigenvalue weighted by Gasteiger charge is 2.20. The van der Waals surface area contributed by atoms with Crippen LogP contribution in [-0.2, 0) is 19.1 Å². The summed E-state index contributed by atoms with van der Waals surface area (Å²) >= 11 is 8.29. The summed E-state index contributed by atoms with van der Waals surface area (Å²) in [4.78, 5) is 23.5. The van der Waals surface area contributed by atoms with Crippen LogP contribution < -0.4 is 10.6 Å². The van der Waals surface area contributed by atoms with Gasteiger partial charge >= 0.3 is 11.9 Å². The lowest BCUT2D eigenvalue weighted by molar-refractivity contribution is -0.146. The lowest BCUT2D eigenvalue weighted by atomic mass is 10.2. The molecular weight excluding hydrogens is 324 g/mol. The maximum atomic E-state index is 11.7. The van der Waals surface area contributed by atoms with E-state index in [1.165, 1.54) is 0 Å². The molecule has 22 heavy (non-hydrogen) atoms. The van der Waals surface area contributed by atoms with Gasteiger partial charge in [-0.05, 0) is 38.2 Å². The summed E-state index contributed by atoms with van der Waals surface area (Å²) in [6, 6.07) is -0.740. The van der Waals surface area contributed by atoms with E-state index in [2.05, 4.69) is 35.9 Å². The van der Waals surface area contributed by atoms with Gasteiger partial charge in [0, 0.05) is 13.1 Å². The molecule has 0 saturated carbocycles. The minimum absolute atomic E-state index is 0.270. The Kier molecular flexibility index (Phi) is 13.9. The smallest absolute Gasteiger partial charge is 0.323 e. The van der Waals surface area contributed by atoms with Gasteiger partial charge in [0.25, 0.3) is 0 Å². The first-order chi connectivity index (χ1) is 10.6. The third-order valence-electron chi connectivity index (χ3n) is 2.88. The molecule has 6 nitrogen and oxygen atoms in total. The van der Waals surface area contributed by atoms with Crippen molar-refractivity contribution in [1.82, 2.24) is 10.6 Å². The zero-order valence-electron chi connectivity index (χ0n) is 13.3. The molecule has 0 saturated heterocycles. The lowest BCUT2D eigenvalue weighted by Crippen LogP contribution is -2.45. The number of carbonyl (C=O) groups excluding carboxylic acids is 2. The van der Waals surface area contributed by atoms with Crippen LogP contribution in [0.5, 0.6) is 0 Å². The summed E-state index contributed by atoms with van der Waals surface area (Å²) in [6.07, 6.45) is 1.19. The highest BCUT2D eigenvalue weighted by atomic mass is 32.1. The molecule has 2 N–H and O–H groups in total. The number of carbonyl (C=O) groups is 2. The molecule has 0 aliphatic carbocycles. The first-order valence-electron chi connectivity index (χ1n) is 7.62. The molecule has 0 radical (unpaired) electrons. The second-order valence-corrected chi connectivity index (χ2v) is 5.44. The molecule has 0 rings (SSSR count). The molecule has 0 amide bonds. The monoisotopic (exact) mass is 352 g/mol. The van der Waals surface area contributed by atoms with E-state index in [-0.39, 0.29) is 24.0 Å². The lowest BCUT2D eigenvalue weighted by Gasteiger charge is -2.19. The summed E-state index contributed by atoms with van der Waals surface area (Å²) < 4.78 is 10.0. The molecule has 0 aromatic rings. The summed E-state index contributed by atoms with van der Waals surface area (Å²) in [6.45, 7) is 5.35. The van der Waals surface area contributed by atoms with E-state index >= 15 is 0 Å². The van der Waals surface area contributed by atoms with Crippen molar-refractivity contribution >= 4 is 37.2 Å². The van der Waals surface area contributed by atoms with Crippen LogP contribution in [0.4, 0.5) is 0 Å². The first kappa shape index (κ1) is 21.6. The molecule has 0 bridgehead atoms. The van der Waals surface area contributed by atoms with Crippen LogP contribution in [0, 0.1) is 0 Å². The average Bonchev–Trinajstić information content (AvgIpc) is 2.49. The SMILES string of the molecule is CCOC(=O)[C@H](CCS)NCCN[C@@H](CCS)C(=O)OCC. The molecule has 0 spiro atoms. The number of esters is 2. The van der Waals surface area contributed by atoms with Gasteiger partial charge in [0.2, 0.25) is 0 Å². The zero-order valence-corrected chi connectivity index (χ0v) is 15.1. The standard InChI is InChI=1S/C14H28N2O4S2/c1-3-19-13(17)11(5-9-21)15-7-8-16-12(6-10-22)14(18)20-4-2/h11-12,15-16,21-22H,3-10H2,1-2H3/t11-,12-/m0/s1. The summed E-state index contributed by atoms with van der Waals surface area (Å²) in [5, 5.41) is 6.23. The van der Waals surface area contributed by atoms with Crippen molar-refractivity contribution in [2.75, 3.05) is 37.8 Å². The third-order valence-corrected chi connectivity index (χ3v) is 3.40. The molecule has 0 unspecified atom stereocenters. The van der Waals surface area contributed by atoms with E-state index in [0.717, 1.165) is 0 Å². The van der Waals surface area contributed by atoms with E-state index in [1.807, 2.05) is 0 Å². The van der Waals surface area contributed by atoms with Crippen LogP contribution in [0.25, 0.3) is 0 Å². The third kappa shape index (κ3) is 9.55. The van der Waals surface area contributed by atoms with Gasteiger partial charge in [-0.15, -0.1) is 0 Å². The quantitative estimate of drug-likeness (QED) is 0.222. The highest BCUT2D eigenvalue weighted by Crippen LogP contribution is 1.99. The van der Waals surface area contributed by atoms with E-state index in [4.69, 9.17) is 9.47 Å². The second-order valence-electron chi connectivity index (χ2n) is 4.54. The van der Waals surface area contributed by atoms with Crippen LogP contribution >= 0.6 is 25.3 Å². The Morgan fingerprint density at radius 1 is 0.864 bits per heavy atom. The second kappa shape index (κ2) is 14.2. The number of hydrogen-bond donors (Lipinski definition) is 4. The number of hydrogen-bond acceptors (Lipinski definition) is 8. The molecule has 130 valence electrons. The van der Waals surface area contributed by atoms with Crippen molar-refractivity contribution in [3.63, 3.8) is 0 Å². The van der Waals surface area contributed by atoms with E-state index in [9.17, 15) is 9.59 Å². The van der Waals surface area contributed by atoms with E-state index < -0.39 is 0 Å². The van der Waals surface area contributed by atoms with Crippen LogP contribution in [0.15, 0.2) is 0 Å². The van der Waals surface area contributed by atoms with Gasteiger partial charge in [-0.1, -0.05) is 0 Å². The van der Waals surface area contributed by atoms with Crippen LogP contribution in [0.1, 0.15) is 26.7 Å². The summed E-state index contributed by atoms with van der Waals surface area (Å²) in [5.74, 6) is 0.645. The van der Waals surface area contributed by atoms with Crippen molar-refractivity contribution in [1.29, 1.82) is 0 Å². The fourth-order valence-electron chi connectivity index (χ4n) is 1.84. The van der Waals surface area contributed by atoms with E-state index in [1.54, 1.807) is 13.8 Å². The fourth-order valence-corrected chi connectivity index (χ4v) is 2.36. The minimum atomic E-state index is -0.370. The minimum Gasteiger partial charge on any atom is -0.465 e. The topological polar surface area (TPSA) is 76.7 Å². The van der Waals surface area contributed by atoms with Crippen molar-refractivity contribution in [2.45, 2.75) is 38.8 Å². The molecule has 2 atom stereocenters. The molecule has 0 aromatic carbocycles. The normalized spacial score (nSPS) is 13.5. The van der Waals surface area contributed by atoms with Gasteiger partial charge in [0.05, 0.1) is 13.2 Å². The maximum absolute atomic E-state index is 11.7. The van der Waals surface area contributed by atoms with Gasteiger partial charge in [-0.25, -0.2) is 0 Å². The Morgan fingerprint density at radius 2 is 1.23 bits per heavy atom. The number of rotatable bonds is 13. The van der Waals surface area contributed by atoms with Gasteiger partial charge in [-0.2, -0.15) is 25.3 Å². The van der Waals surface area contributed by atoms with Crippen LogP contribution in [-0.4, -0.2) is 61.8 Å². The molecule has 0 aromatic heterocycles. The molecule has 0 aliphatic heterocycles. The Morgan fingerprint density at radius 3 is 1.50 bits per heavy atom. The fraction of sp³-hybridized carbons (Fsp3) is 0.857. The number of ether oxygens (including phenoxy) is 2. The van der Waals surface area contributed by atoms with Crippen LogP contribution in [0.3, 0.4) is 0 Å². The van der Waals surface area contributed by atoms with Crippen molar-refractivity contribution in [2.24, 2.45) is 0 Å². The van der Waals surface area contributed by atoms with Gasteiger partial charge in [0.15, 0.2) is 0 Å². The molecule has 0 heterocycles. The molecule has 8 heteroatoms. The van der Waals surface area contributed by atoms with Gasteiger partial charge < -0.3 is 20.1 Å². The summed E-state index contributed by atoms with van der Waals surface area (Å²) in [5.41, 5.74) is 0. The Hall–Kier alpha value is -0.440.